The van der Waals surface area contributed by atoms with Gasteiger partial charge in [0, 0.05) is 30.1 Å². The number of nitrogens with zero attached hydrogens (tertiary/aromatic N) is 2. The molecule has 1 unspecified atom stereocenters. The number of likely N-dealkylation sites (tertiary alicyclic amines) is 1. The summed E-state index contributed by atoms with van der Waals surface area (Å²) in [6.07, 6.45) is 3.30. The van der Waals surface area contributed by atoms with E-state index in [9.17, 15) is 0 Å². The first-order valence-electron chi connectivity index (χ1n) is 5.65. The first-order chi connectivity index (χ1) is 7.33. The average molecular weight is 225 g/mol. The molecule has 1 atom stereocenters. The van der Waals surface area contributed by atoms with E-state index in [1.165, 1.54) is 35.9 Å². The van der Waals surface area contributed by atoms with Crippen LogP contribution in [0.2, 0.25) is 0 Å². The first-order valence-corrected chi connectivity index (χ1v) is 6.46. The van der Waals surface area contributed by atoms with Crippen molar-refractivity contribution in [3.63, 3.8) is 0 Å². The van der Waals surface area contributed by atoms with Crippen molar-refractivity contribution >= 4 is 11.3 Å². The number of nitrogens with one attached hydrogen (secondary N) is 1. The Kier molecular flexibility index (Phi) is 3.72. The number of hydrogen-bond acceptors (Lipinski definition) is 4. The van der Waals surface area contributed by atoms with Crippen LogP contribution in [-0.4, -0.2) is 36.6 Å². The summed E-state index contributed by atoms with van der Waals surface area (Å²) in [5.74, 6) is 0.681. The molecule has 2 heterocycles. The van der Waals surface area contributed by atoms with Gasteiger partial charge in [-0.2, -0.15) is 0 Å². The van der Waals surface area contributed by atoms with Crippen LogP contribution in [0.5, 0.6) is 0 Å². The molecule has 0 aromatic carbocycles. The van der Waals surface area contributed by atoms with E-state index in [1.807, 2.05) is 24.6 Å². The molecular weight excluding hydrogens is 206 g/mol. The number of hydrogen-bond donors (Lipinski definition) is 1. The third-order valence-corrected chi connectivity index (χ3v) is 4.15. The molecule has 4 heteroatoms. The highest BCUT2D eigenvalue weighted by Gasteiger charge is 2.24. The summed E-state index contributed by atoms with van der Waals surface area (Å²) in [6, 6.07) is 0. The van der Waals surface area contributed by atoms with Crippen LogP contribution in [-0.2, 0) is 6.54 Å². The third-order valence-electron chi connectivity index (χ3n) is 2.99. The van der Waals surface area contributed by atoms with Gasteiger partial charge in [-0.25, -0.2) is 4.98 Å². The molecule has 1 fully saturated rings. The van der Waals surface area contributed by atoms with Gasteiger partial charge in [0.25, 0.3) is 0 Å². The van der Waals surface area contributed by atoms with Crippen molar-refractivity contribution < 1.29 is 0 Å². The molecule has 0 bridgehead atoms. The minimum absolute atomic E-state index is 0.681. The molecule has 1 saturated heterocycles. The van der Waals surface area contributed by atoms with Crippen LogP contribution in [0.4, 0.5) is 0 Å². The maximum Gasteiger partial charge on any atom is 0.0972 e. The zero-order valence-electron chi connectivity index (χ0n) is 9.49. The highest BCUT2D eigenvalue weighted by Crippen LogP contribution is 2.29. The molecule has 0 aliphatic carbocycles. The highest BCUT2D eigenvalue weighted by molar-refractivity contribution is 7.11. The minimum Gasteiger partial charge on any atom is -0.315 e. The summed E-state index contributed by atoms with van der Waals surface area (Å²) in [5.41, 5.74) is 0. The Morgan fingerprint density at radius 3 is 3.20 bits per heavy atom. The van der Waals surface area contributed by atoms with Crippen LogP contribution < -0.4 is 5.32 Å². The van der Waals surface area contributed by atoms with E-state index in [1.54, 1.807) is 0 Å². The van der Waals surface area contributed by atoms with Gasteiger partial charge in [-0.05, 0) is 26.6 Å². The third kappa shape index (κ3) is 2.56. The lowest BCUT2D eigenvalue weighted by atomic mass is 10.1. The molecule has 0 spiro atoms. The van der Waals surface area contributed by atoms with Crippen molar-refractivity contribution in [2.45, 2.75) is 25.8 Å². The number of rotatable bonds is 4. The topological polar surface area (TPSA) is 28.2 Å². The zero-order chi connectivity index (χ0) is 10.7. The molecule has 1 aliphatic rings. The average Bonchev–Trinajstić information content (AvgIpc) is 2.85. The van der Waals surface area contributed by atoms with Gasteiger partial charge in [0.05, 0.1) is 5.01 Å². The minimum atomic E-state index is 0.681. The van der Waals surface area contributed by atoms with E-state index in [0.717, 1.165) is 6.54 Å². The van der Waals surface area contributed by atoms with E-state index in [0.29, 0.717) is 5.92 Å². The molecule has 1 aromatic rings. The van der Waals surface area contributed by atoms with Crippen molar-refractivity contribution in [3.05, 3.63) is 16.1 Å². The predicted octanol–water partition coefficient (Wildman–Crippen LogP) is 1.67. The Morgan fingerprint density at radius 1 is 1.67 bits per heavy atom. The molecule has 0 amide bonds. The van der Waals surface area contributed by atoms with Gasteiger partial charge in [-0.1, -0.05) is 6.92 Å². The second-order valence-corrected chi connectivity index (χ2v) is 5.22. The fourth-order valence-corrected chi connectivity index (χ4v) is 3.14. The van der Waals surface area contributed by atoms with Gasteiger partial charge < -0.3 is 10.2 Å². The molecular formula is C11H19N3S. The summed E-state index contributed by atoms with van der Waals surface area (Å²) >= 11 is 1.87. The highest BCUT2D eigenvalue weighted by atomic mass is 32.1. The van der Waals surface area contributed by atoms with Crippen LogP contribution in [0, 0.1) is 0 Å². The van der Waals surface area contributed by atoms with Gasteiger partial charge in [-0.3, -0.25) is 0 Å². The Hall–Kier alpha value is -0.450. The molecule has 0 radical (unpaired) electrons. The summed E-state index contributed by atoms with van der Waals surface area (Å²) < 4.78 is 0. The Morgan fingerprint density at radius 2 is 2.53 bits per heavy atom. The van der Waals surface area contributed by atoms with Gasteiger partial charge in [0.1, 0.15) is 0 Å². The van der Waals surface area contributed by atoms with Gasteiger partial charge in [0.15, 0.2) is 0 Å². The van der Waals surface area contributed by atoms with Crippen molar-refractivity contribution in [3.8, 4) is 0 Å². The van der Waals surface area contributed by atoms with Gasteiger partial charge >= 0.3 is 0 Å². The number of thiazole rings is 1. The summed E-state index contributed by atoms with van der Waals surface area (Å²) in [7, 11) is 1.98. The molecule has 0 saturated carbocycles. The fourth-order valence-electron chi connectivity index (χ4n) is 2.09. The van der Waals surface area contributed by atoms with Crippen LogP contribution in [0.25, 0.3) is 0 Å². The maximum absolute atomic E-state index is 4.54. The lowest BCUT2D eigenvalue weighted by molar-refractivity contribution is 0.354. The van der Waals surface area contributed by atoms with E-state index >= 15 is 0 Å². The Balaban J connectivity index is 1.97. The largest absolute Gasteiger partial charge is 0.315 e. The SMILES string of the molecule is CCN1CCC(c2ncc(CNC)s2)C1. The first kappa shape index (κ1) is 11.0. The van der Waals surface area contributed by atoms with E-state index < -0.39 is 0 Å². The Labute approximate surface area is 95.5 Å². The van der Waals surface area contributed by atoms with Crippen LogP contribution >= 0.6 is 11.3 Å². The summed E-state index contributed by atoms with van der Waals surface area (Å²) in [5, 5.41) is 4.50. The van der Waals surface area contributed by atoms with Crippen molar-refractivity contribution in [2.24, 2.45) is 0 Å². The molecule has 1 aromatic heterocycles. The zero-order valence-corrected chi connectivity index (χ0v) is 10.3. The monoisotopic (exact) mass is 225 g/mol. The molecule has 84 valence electrons. The predicted molar refractivity (Wildman–Crippen MR) is 64.3 cm³/mol. The second kappa shape index (κ2) is 5.05. The molecule has 3 nitrogen and oxygen atoms in total. The van der Waals surface area contributed by atoms with Crippen LogP contribution in [0.15, 0.2) is 6.20 Å². The van der Waals surface area contributed by atoms with Gasteiger partial charge in [0.2, 0.25) is 0 Å². The van der Waals surface area contributed by atoms with E-state index in [2.05, 4.69) is 22.1 Å². The quantitative estimate of drug-likeness (QED) is 0.845. The number of aromatic nitrogens is 1. The number of likely N-dealkylation sites (N-methyl/N-ethyl adjacent to an activating group) is 1. The lowest BCUT2D eigenvalue weighted by Crippen LogP contribution is -2.19. The smallest absolute Gasteiger partial charge is 0.0972 e. The molecule has 15 heavy (non-hydrogen) atoms. The second-order valence-electron chi connectivity index (χ2n) is 4.07. The summed E-state index contributed by atoms with van der Waals surface area (Å²) in [4.78, 5) is 8.39. The van der Waals surface area contributed by atoms with Gasteiger partial charge in [-0.15, -0.1) is 11.3 Å². The van der Waals surface area contributed by atoms with E-state index in [-0.39, 0.29) is 0 Å². The van der Waals surface area contributed by atoms with Crippen LogP contribution in [0.3, 0.4) is 0 Å². The summed E-state index contributed by atoms with van der Waals surface area (Å²) in [6.45, 7) is 6.79. The maximum atomic E-state index is 4.54. The molecule has 1 N–H and O–H groups in total. The van der Waals surface area contributed by atoms with Crippen molar-refractivity contribution in [1.29, 1.82) is 0 Å². The standard InChI is InChI=1S/C11H19N3S/c1-3-14-5-4-9(8-14)11-13-7-10(15-11)6-12-2/h7,9,12H,3-6,8H2,1-2H3. The van der Waals surface area contributed by atoms with E-state index in [4.69, 9.17) is 0 Å². The Bertz CT molecular complexity index is 311. The normalized spacial score (nSPS) is 22.4. The van der Waals surface area contributed by atoms with Crippen LogP contribution in [0.1, 0.15) is 29.1 Å². The van der Waals surface area contributed by atoms with Crippen molar-refractivity contribution in [2.75, 3.05) is 26.7 Å². The lowest BCUT2D eigenvalue weighted by Gasteiger charge is -2.11. The molecule has 2 rings (SSSR count). The van der Waals surface area contributed by atoms with Crippen molar-refractivity contribution in [1.82, 2.24) is 15.2 Å². The molecule has 1 aliphatic heterocycles. The fraction of sp³-hybridized carbons (Fsp3) is 0.727.